The second kappa shape index (κ2) is 12.5. The van der Waals surface area contributed by atoms with E-state index in [1.165, 1.54) is 0 Å². The summed E-state index contributed by atoms with van der Waals surface area (Å²) in [4.78, 5) is 8.87. The Balaban J connectivity index is 0.00000364. The summed E-state index contributed by atoms with van der Waals surface area (Å²) in [5.41, 5.74) is 0. The van der Waals surface area contributed by atoms with Crippen molar-refractivity contribution in [1.29, 1.82) is 0 Å². The Morgan fingerprint density at radius 1 is 1.41 bits per heavy atom. The van der Waals surface area contributed by atoms with Gasteiger partial charge in [0.15, 0.2) is 11.8 Å². The highest BCUT2D eigenvalue weighted by molar-refractivity contribution is 14.0. The van der Waals surface area contributed by atoms with E-state index in [2.05, 4.69) is 39.6 Å². The topological polar surface area (TPSA) is 85.6 Å². The molecule has 8 nitrogen and oxygen atoms in total. The Labute approximate surface area is 179 Å². The van der Waals surface area contributed by atoms with E-state index in [0.29, 0.717) is 18.6 Å². The number of aliphatic imine (C=N–C) groups is 1. The molecule has 0 saturated heterocycles. The first-order chi connectivity index (χ1) is 12.6. The average Bonchev–Trinajstić information content (AvgIpc) is 3.01. The van der Waals surface area contributed by atoms with Gasteiger partial charge in [-0.2, -0.15) is 5.10 Å². The van der Waals surface area contributed by atoms with E-state index < -0.39 is 0 Å². The third-order valence-electron chi connectivity index (χ3n) is 4.59. The Hall–Kier alpha value is -0.940. The van der Waals surface area contributed by atoms with Gasteiger partial charge in [-0.3, -0.25) is 4.99 Å². The van der Waals surface area contributed by atoms with Gasteiger partial charge >= 0.3 is 0 Å². The van der Waals surface area contributed by atoms with Gasteiger partial charge in [-0.05, 0) is 25.7 Å². The molecule has 2 heterocycles. The molecule has 2 N–H and O–H groups in total. The number of hydrogen-bond donors (Lipinski definition) is 2. The maximum atomic E-state index is 5.80. The highest BCUT2D eigenvalue weighted by atomic mass is 127. The molecule has 0 spiro atoms. The van der Waals surface area contributed by atoms with Gasteiger partial charge in [0.1, 0.15) is 12.4 Å². The molecule has 0 fully saturated rings. The maximum absolute atomic E-state index is 5.80. The average molecular weight is 494 g/mol. The molecular weight excluding hydrogens is 459 g/mol. The molecule has 1 aliphatic rings. The Morgan fingerprint density at radius 2 is 2.19 bits per heavy atom. The number of nitrogens with one attached hydrogen (secondary N) is 2. The molecule has 27 heavy (non-hydrogen) atoms. The van der Waals surface area contributed by atoms with Crippen LogP contribution in [0.4, 0.5) is 0 Å². The van der Waals surface area contributed by atoms with Crippen molar-refractivity contribution < 1.29 is 9.47 Å². The van der Waals surface area contributed by atoms with Crippen molar-refractivity contribution in [2.45, 2.75) is 65.3 Å². The highest BCUT2D eigenvalue weighted by Gasteiger charge is 2.22. The second-order valence-electron chi connectivity index (χ2n) is 6.96. The molecule has 1 aliphatic heterocycles. The fourth-order valence-electron chi connectivity index (χ4n) is 3.21. The minimum Gasteiger partial charge on any atom is -0.378 e. The van der Waals surface area contributed by atoms with E-state index >= 15 is 0 Å². The van der Waals surface area contributed by atoms with Crippen LogP contribution in [-0.4, -0.2) is 60.2 Å². The quantitative estimate of drug-likeness (QED) is 0.310. The number of halogens is 1. The number of nitrogens with zero attached hydrogens (tertiary/aromatic N) is 4. The largest absolute Gasteiger partial charge is 0.378 e. The van der Waals surface area contributed by atoms with Crippen LogP contribution < -0.4 is 10.6 Å². The molecule has 9 heteroatoms. The van der Waals surface area contributed by atoms with Gasteiger partial charge in [0, 0.05) is 39.8 Å². The number of guanidine groups is 1. The van der Waals surface area contributed by atoms with E-state index in [4.69, 9.17) is 9.47 Å². The van der Waals surface area contributed by atoms with Crippen LogP contribution in [0.2, 0.25) is 0 Å². The van der Waals surface area contributed by atoms with Gasteiger partial charge in [0.05, 0.1) is 12.6 Å². The van der Waals surface area contributed by atoms with Crippen LogP contribution >= 0.6 is 24.0 Å². The van der Waals surface area contributed by atoms with Crippen LogP contribution in [0.25, 0.3) is 0 Å². The number of rotatable bonds is 9. The van der Waals surface area contributed by atoms with E-state index in [1.54, 1.807) is 14.2 Å². The summed E-state index contributed by atoms with van der Waals surface area (Å²) < 4.78 is 12.9. The fourth-order valence-corrected chi connectivity index (χ4v) is 3.21. The van der Waals surface area contributed by atoms with Crippen molar-refractivity contribution in [3.05, 3.63) is 11.6 Å². The normalized spacial score (nSPS) is 18.0. The second-order valence-corrected chi connectivity index (χ2v) is 6.96. The first kappa shape index (κ1) is 24.1. The minimum absolute atomic E-state index is 0. The van der Waals surface area contributed by atoms with Crippen molar-refractivity contribution in [3.63, 3.8) is 0 Å². The summed E-state index contributed by atoms with van der Waals surface area (Å²) in [7, 11) is 3.47. The minimum atomic E-state index is 0. The first-order valence-corrected chi connectivity index (χ1v) is 9.57. The lowest BCUT2D eigenvalue weighted by atomic mass is 10.0. The standard InChI is InChI=1S/C18H34N6O2.HI/c1-6-26-15(13(2)3)9-10-20-18(19-4)21-14-7-8-17-22-16(12-25-5)23-24(17)11-14;/h13-15H,6-12H2,1-5H3,(H2,19,20,21);1H. The zero-order valence-electron chi connectivity index (χ0n) is 17.2. The van der Waals surface area contributed by atoms with E-state index in [-0.39, 0.29) is 30.1 Å². The van der Waals surface area contributed by atoms with Gasteiger partial charge in [-0.25, -0.2) is 9.67 Å². The van der Waals surface area contributed by atoms with Gasteiger partial charge in [0.2, 0.25) is 0 Å². The maximum Gasteiger partial charge on any atom is 0.191 e. The van der Waals surface area contributed by atoms with Crippen molar-refractivity contribution in [3.8, 4) is 0 Å². The van der Waals surface area contributed by atoms with Gasteiger partial charge in [-0.15, -0.1) is 24.0 Å². The summed E-state index contributed by atoms with van der Waals surface area (Å²) in [6.45, 7) is 9.28. The lowest BCUT2D eigenvalue weighted by molar-refractivity contribution is 0.0258. The number of methoxy groups -OCH3 is 1. The third-order valence-corrected chi connectivity index (χ3v) is 4.59. The van der Waals surface area contributed by atoms with Crippen LogP contribution in [0.15, 0.2) is 4.99 Å². The number of aryl methyl sites for hydroxylation is 1. The van der Waals surface area contributed by atoms with E-state index in [1.807, 2.05) is 11.6 Å². The number of aromatic nitrogens is 3. The monoisotopic (exact) mass is 494 g/mol. The van der Waals surface area contributed by atoms with E-state index in [9.17, 15) is 0 Å². The summed E-state index contributed by atoms with van der Waals surface area (Å²) in [5.74, 6) is 3.13. The smallest absolute Gasteiger partial charge is 0.191 e. The van der Waals surface area contributed by atoms with Crippen molar-refractivity contribution in [1.82, 2.24) is 25.4 Å². The summed E-state index contributed by atoms with van der Waals surface area (Å²) >= 11 is 0. The summed E-state index contributed by atoms with van der Waals surface area (Å²) in [6, 6.07) is 0.290. The molecule has 2 atom stereocenters. The molecule has 1 aromatic rings. The molecule has 0 saturated carbocycles. The van der Waals surface area contributed by atoms with Crippen LogP contribution in [-0.2, 0) is 29.0 Å². The molecule has 0 radical (unpaired) electrons. The van der Waals surface area contributed by atoms with Crippen LogP contribution in [0, 0.1) is 5.92 Å². The third kappa shape index (κ3) is 7.53. The van der Waals surface area contributed by atoms with Crippen LogP contribution in [0.5, 0.6) is 0 Å². The van der Waals surface area contributed by atoms with Crippen molar-refractivity contribution in [2.24, 2.45) is 10.9 Å². The zero-order valence-corrected chi connectivity index (χ0v) is 19.5. The molecule has 0 amide bonds. The number of hydrogen-bond acceptors (Lipinski definition) is 5. The van der Waals surface area contributed by atoms with Crippen molar-refractivity contribution in [2.75, 3.05) is 27.3 Å². The van der Waals surface area contributed by atoms with Crippen molar-refractivity contribution >= 4 is 29.9 Å². The molecule has 156 valence electrons. The predicted octanol–water partition coefficient (Wildman–Crippen LogP) is 1.97. The highest BCUT2D eigenvalue weighted by Crippen LogP contribution is 2.13. The predicted molar refractivity (Wildman–Crippen MR) is 118 cm³/mol. The van der Waals surface area contributed by atoms with E-state index in [0.717, 1.165) is 56.6 Å². The molecular formula is C18H35IN6O2. The Bertz CT molecular complexity index is 578. The first-order valence-electron chi connectivity index (χ1n) is 9.57. The lowest BCUT2D eigenvalue weighted by Gasteiger charge is -2.26. The van der Waals surface area contributed by atoms with Gasteiger partial charge < -0.3 is 20.1 Å². The SMILES string of the molecule is CCOC(CCNC(=NC)NC1CCc2nc(COC)nn2C1)C(C)C.I. The molecule has 0 aromatic carbocycles. The molecule has 1 aromatic heterocycles. The molecule has 0 aliphatic carbocycles. The molecule has 2 unspecified atom stereocenters. The van der Waals surface area contributed by atoms with Crippen LogP contribution in [0.1, 0.15) is 45.3 Å². The number of fused-ring (bicyclic) bond motifs is 1. The molecule has 2 rings (SSSR count). The Kier molecular flexibility index (Phi) is 11.2. The Morgan fingerprint density at radius 3 is 2.81 bits per heavy atom. The fraction of sp³-hybridized carbons (Fsp3) is 0.833. The van der Waals surface area contributed by atoms with Gasteiger partial charge in [-0.1, -0.05) is 13.8 Å². The number of ether oxygens (including phenoxy) is 2. The summed E-state index contributed by atoms with van der Waals surface area (Å²) in [5, 5.41) is 11.4. The lowest BCUT2D eigenvalue weighted by Crippen LogP contribution is -2.47. The molecule has 0 bridgehead atoms. The summed E-state index contributed by atoms with van der Waals surface area (Å²) in [6.07, 6.45) is 3.16. The van der Waals surface area contributed by atoms with Crippen LogP contribution in [0.3, 0.4) is 0 Å². The van der Waals surface area contributed by atoms with Gasteiger partial charge in [0.25, 0.3) is 0 Å². The zero-order chi connectivity index (χ0) is 18.9.